The molecule has 0 fully saturated rings. The fourth-order valence-electron chi connectivity index (χ4n) is 2.10. The standard InChI is InChI=1S/C17H27ClN2O3/c1-5-7-13(11-20-16(22)23-17(2,3)4)19-10-12-8-6-9-14(18)15(12)21/h6,8-9,13,19,21H,5,7,10-11H2,1-4H3,(H,20,22). The molecule has 0 aliphatic heterocycles. The summed E-state index contributed by atoms with van der Waals surface area (Å²) in [5.41, 5.74) is 0.223. The first-order valence-corrected chi connectivity index (χ1v) is 8.27. The third-order valence-electron chi connectivity index (χ3n) is 3.18. The highest BCUT2D eigenvalue weighted by atomic mass is 35.5. The third kappa shape index (κ3) is 7.57. The number of benzene rings is 1. The Hall–Kier alpha value is -1.46. The van der Waals surface area contributed by atoms with Gasteiger partial charge in [-0.05, 0) is 33.3 Å². The number of phenolic OH excluding ortho intramolecular Hbond substituents is 1. The number of aromatic hydroxyl groups is 1. The van der Waals surface area contributed by atoms with E-state index in [1.807, 2.05) is 26.8 Å². The van der Waals surface area contributed by atoms with Crippen LogP contribution in [0.5, 0.6) is 5.75 Å². The molecule has 1 atom stereocenters. The van der Waals surface area contributed by atoms with Gasteiger partial charge < -0.3 is 20.5 Å². The van der Waals surface area contributed by atoms with Gasteiger partial charge in [0.15, 0.2) is 0 Å². The minimum absolute atomic E-state index is 0.0888. The number of rotatable bonds is 7. The van der Waals surface area contributed by atoms with Crippen molar-refractivity contribution in [2.24, 2.45) is 0 Å². The van der Waals surface area contributed by atoms with Crippen molar-refractivity contribution in [1.82, 2.24) is 10.6 Å². The van der Waals surface area contributed by atoms with E-state index in [4.69, 9.17) is 16.3 Å². The van der Waals surface area contributed by atoms with Gasteiger partial charge in [0.25, 0.3) is 0 Å². The molecule has 130 valence electrons. The summed E-state index contributed by atoms with van der Waals surface area (Å²) in [6, 6.07) is 5.35. The number of alkyl carbamates (subject to hydrolysis) is 1. The van der Waals surface area contributed by atoms with Gasteiger partial charge >= 0.3 is 6.09 Å². The first kappa shape index (κ1) is 19.6. The number of hydrogen-bond donors (Lipinski definition) is 3. The predicted molar refractivity (Wildman–Crippen MR) is 92.9 cm³/mol. The van der Waals surface area contributed by atoms with Gasteiger partial charge in [-0.3, -0.25) is 0 Å². The van der Waals surface area contributed by atoms with Crippen LogP contribution in [-0.4, -0.2) is 29.4 Å². The zero-order valence-corrected chi connectivity index (χ0v) is 15.0. The lowest BCUT2D eigenvalue weighted by Crippen LogP contribution is -2.42. The highest BCUT2D eigenvalue weighted by molar-refractivity contribution is 6.32. The molecule has 5 nitrogen and oxygen atoms in total. The van der Waals surface area contributed by atoms with E-state index in [0.29, 0.717) is 18.1 Å². The van der Waals surface area contributed by atoms with E-state index >= 15 is 0 Å². The quantitative estimate of drug-likeness (QED) is 0.704. The Morgan fingerprint density at radius 3 is 2.70 bits per heavy atom. The molecule has 0 aliphatic rings. The van der Waals surface area contributed by atoms with E-state index < -0.39 is 11.7 Å². The monoisotopic (exact) mass is 342 g/mol. The molecule has 1 aromatic rings. The van der Waals surface area contributed by atoms with Crippen molar-refractivity contribution in [2.45, 2.75) is 58.7 Å². The van der Waals surface area contributed by atoms with Crippen LogP contribution < -0.4 is 10.6 Å². The summed E-state index contributed by atoms with van der Waals surface area (Å²) < 4.78 is 5.23. The lowest BCUT2D eigenvalue weighted by Gasteiger charge is -2.22. The molecule has 1 aromatic carbocycles. The summed E-state index contributed by atoms with van der Waals surface area (Å²) in [5.74, 6) is 0.0945. The topological polar surface area (TPSA) is 70.6 Å². The zero-order chi connectivity index (χ0) is 17.5. The fraction of sp³-hybridized carbons (Fsp3) is 0.588. The van der Waals surface area contributed by atoms with Gasteiger partial charge in [-0.1, -0.05) is 37.1 Å². The number of para-hydroxylation sites is 1. The number of ether oxygens (including phenoxy) is 1. The highest BCUT2D eigenvalue weighted by Crippen LogP contribution is 2.26. The molecule has 0 radical (unpaired) electrons. The molecular formula is C17H27ClN2O3. The Morgan fingerprint density at radius 1 is 1.39 bits per heavy atom. The third-order valence-corrected chi connectivity index (χ3v) is 3.49. The van der Waals surface area contributed by atoms with Crippen molar-refractivity contribution in [1.29, 1.82) is 0 Å². The van der Waals surface area contributed by atoms with Gasteiger partial charge in [-0.15, -0.1) is 0 Å². The van der Waals surface area contributed by atoms with E-state index in [1.54, 1.807) is 12.1 Å². The van der Waals surface area contributed by atoms with Crippen LogP contribution in [0.25, 0.3) is 0 Å². The molecule has 0 saturated carbocycles. The number of amides is 1. The Labute approximate surface area is 143 Å². The average Bonchev–Trinajstić information content (AvgIpc) is 2.44. The molecule has 1 unspecified atom stereocenters. The molecule has 1 rings (SSSR count). The van der Waals surface area contributed by atoms with Crippen LogP contribution in [0, 0.1) is 0 Å². The van der Waals surface area contributed by atoms with Gasteiger partial charge in [0, 0.05) is 24.7 Å². The molecule has 6 heteroatoms. The molecule has 0 saturated heterocycles. The summed E-state index contributed by atoms with van der Waals surface area (Å²) in [4.78, 5) is 11.7. The van der Waals surface area contributed by atoms with Crippen LogP contribution in [0.3, 0.4) is 0 Å². The normalized spacial score (nSPS) is 12.7. The maximum Gasteiger partial charge on any atom is 0.407 e. The first-order chi connectivity index (χ1) is 10.7. The van der Waals surface area contributed by atoms with Gasteiger partial charge in [-0.25, -0.2) is 4.79 Å². The Balaban J connectivity index is 2.52. The zero-order valence-electron chi connectivity index (χ0n) is 14.3. The highest BCUT2D eigenvalue weighted by Gasteiger charge is 2.17. The van der Waals surface area contributed by atoms with Crippen LogP contribution in [0.2, 0.25) is 5.02 Å². The van der Waals surface area contributed by atoms with Crippen LogP contribution in [-0.2, 0) is 11.3 Å². The first-order valence-electron chi connectivity index (χ1n) is 7.89. The number of halogens is 1. The second kappa shape index (κ2) is 8.99. The number of phenols is 1. The van der Waals surface area contributed by atoms with E-state index in [2.05, 4.69) is 17.6 Å². The van der Waals surface area contributed by atoms with Crippen molar-refractivity contribution < 1.29 is 14.6 Å². The molecule has 0 aliphatic carbocycles. The molecule has 0 heterocycles. The van der Waals surface area contributed by atoms with Crippen LogP contribution in [0.15, 0.2) is 18.2 Å². The van der Waals surface area contributed by atoms with Crippen molar-refractivity contribution in [3.8, 4) is 5.75 Å². The molecule has 23 heavy (non-hydrogen) atoms. The summed E-state index contributed by atoms with van der Waals surface area (Å²) in [6.07, 6.45) is 1.46. The lowest BCUT2D eigenvalue weighted by molar-refractivity contribution is 0.0521. The van der Waals surface area contributed by atoms with Gasteiger partial charge in [0.05, 0.1) is 5.02 Å². The largest absolute Gasteiger partial charge is 0.506 e. The van der Waals surface area contributed by atoms with E-state index in [0.717, 1.165) is 18.4 Å². The van der Waals surface area contributed by atoms with E-state index in [-0.39, 0.29) is 11.8 Å². The number of nitrogens with one attached hydrogen (secondary N) is 2. The SMILES string of the molecule is CCCC(CNC(=O)OC(C)(C)C)NCc1cccc(Cl)c1O. The molecule has 1 amide bonds. The lowest BCUT2D eigenvalue weighted by atomic mass is 10.1. The Kier molecular flexibility index (Phi) is 7.65. The number of carbonyl (C=O) groups is 1. The molecular weight excluding hydrogens is 316 g/mol. The minimum Gasteiger partial charge on any atom is -0.506 e. The minimum atomic E-state index is -0.510. The second-order valence-corrected chi connectivity index (χ2v) is 6.90. The Morgan fingerprint density at radius 2 is 2.09 bits per heavy atom. The van der Waals surface area contributed by atoms with Crippen molar-refractivity contribution >= 4 is 17.7 Å². The van der Waals surface area contributed by atoms with Crippen molar-refractivity contribution in [2.75, 3.05) is 6.54 Å². The summed E-state index contributed by atoms with van der Waals surface area (Å²) in [6.45, 7) is 8.51. The molecule has 0 aromatic heterocycles. The summed E-state index contributed by atoms with van der Waals surface area (Å²) >= 11 is 5.90. The molecule has 3 N–H and O–H groups in total. The maximum atomic E-state index is 11.7. The smallest absolute Gasteiger partial charge is 0.407 e. The van der Waals surface area contributed by atoms with Gasteiger partial charge in [0.1, 0.15) is 11.4 Å². The number of carbonyl (C=O) groups excluding carboxylic acids is 1. The number of hydrogen-bond acceptors (Lipinski definition) is 4. The predicted octanol–water partition coefficient (Wildman–Crippen LogP) is 3.83. The van der Waals surface area contributed by atoms with Gasteiger partial charge in [-0.2, -0.15) is 0 Å². The van der Waals surface area contributed by atoms with Crippen LogP contribution in [0.1, 0.15) is 46.1 Å². The fourth-order valence-corrected chi connectivity index (χ4v) is 2.30. The maximum absolute atomic E-state index is 11.7. The Bertz CT molecular complexity index is 515. The van der Waals surface area contributed by atoms with Gasteiger partial charge in [0.2, 0.25) is 0 Å². The van der Waals surface area contributed by atoms with Crippen LogP contribution in [0.4, 0.5) is 4.79 Å². The van der Waals surface area contributed by atoms with Crippen LogP contribution >= 0.6 is 11.6 Å². The van der Waals surface area contributed by atoms with E-state index in [9.17, 15) is 9.90 Å². The molecule has 0 spiro atoms. The van der Waals surface area contributed by atoms with Crippen molar-refractivity contribution in [3.63, 3.8) is 0 Å². The average molecular weight is 343 g/mol. The van der Waals surface area contributed by atoms with Crippen molar-refractivity contribution in [3.05, 3.63) is 28.8 Å². The summed E-state index contributed by atoms with van der Waals surface area (Å²) in [5, 5.41) is 16.4. The van der Waals surface area contributed by atoms with E-state index in [1.165, 1.54) is 0 Å². The summed E-state index contributed by atoms with van der Waals surface area (Å²) in [7, 11) is 0. The molecule has 0 bridgehead atoms. The second-order valence-electron chi connectivity index (χ2n) is 6.50.